The second-order valence-electron chi connectivity index (χ2n) is 8.17. The molecule has 3 aromatic rings. The van der Waals surface area contributed by atoms with Crippen LogP contribution in [0.5, 0.6) is 5.75 Å². The summed E-state index contributed by atoms with van der Waals surface area (Å²) in [4.78, 5) is 15.4. The highest BCUT2D eigenvalue weighted by molar-refractivity contribution is 6.13. The third-order valence-corrected chi connectivity index (χ3v) is 6.17. The van der Waals surface area contributed by atoms with Gasteiger partial charge in [-0.05, 0) is 68.1 Å². The Labute approximate surface area is 178 Å². The van der Waals surface area contributed by atoms with Gasteiger partial charge in [-0.25, -0.2) is 0 Å². The van der Waals surface area contributed by atoms with Gasteiger partial charge in [0.25, 0.3) is 0 Å². The number of likely N-dealkylation sites (tertiary alicyclic amines) is 1. The number of piperidine rings is 1. The Morgan fingerprint density at radius 3 is 2.63 bits per heavy atom. The number of carbonyl (C=O) groups excluding carboxylic acids is 1. The summed E-state index contributed by atoms with van der Waals surface area (Å²) in [6.07, 6.45) is 9.14. The summed E-state index contributed by atoms with van der Waals surface area (Å²) in [6.45, 7) is 3.31. The van der Waals surface area contributed by atoms with Crippen molar-refractivity contribution in [3.05, 3.63) is 78.0 Å². The molecule has 4 heteroatoms. The third-order valence-electron chi connectivity index (χ3n) is 6.17. The Morgan fingerprint density at radius 2 is 1.90 bits per heavy atom. The van der Waals surface area contributed by atoms with Crippen molar-refractivity contribution < 1.29 is 9.53 Å². The summed E-state index contributed by atoms with van der Waals surface area (Å²) in [5.74, 6) is 1.32. The molecule has 30 heavy (non-hydrogen) atoms. The lowest BCUT2D eigenvalue weighted by molar-refractivity contribution is 0.104. The minimum Gasteiger partial charge on any atom is -0.497 e. The number of nitrogens with zero attached hydrogens (tertiary/aromatic N) is 2. The molecule has 0 aliphatic carbocycles. The van der Waals surface area contributed by atoms with Gasteiger partial charge in [0.2, 0.25) is 0 Å². The molecule has 0 radical (unpaired) electrons. The van der Waals surface area contributed by atoms with Crippen molar-refractivity contribution >= 4 is 16.7 Å². The van der Waals surface area contributed by atoms with E-state index in [0.717, 1.165) is 61.1 Å². The molecule has 1 aliphatic heterocycles. The zero-order chi connectivity index (χ0) is 20.9. The largest absolute Gasteiger partial charge is 0.497 e. The monoisotopic (exact) mass is 402 g/mol. The average Bonchev–Trinajstić information content (AvgIpc) is 3.13. The molecule has 0 unspecified atom stereocenters. The van der Waals surface area contributed by atoms with Gasteiger partial charge in [0.15, 0.2) is 5.78 Å². The van der Waals surface area contributed by atoms with E-state index in [0.29, 0.717) is 5.92 Å². The van der Waals surface area contributed by atoms with Gasteiger partial charge in [-0.1, -0.05) is 36.4 Å². The molecule has 0 atom stereocenters. The summed E-state index contributed by atoms with van der Waals surface area (Å²) < 4.78 is 7.34. The normalized spacial score (nSPS) is 15.8. The molecular formula is C26H30N2O2. The summed E-state index contributed by atoms with van der Waals surface area (Å²) in [5, 5.41) is 0.947. The quantitative estimate of drug-likeness (QED) is 0.417. The second-order valence-corrected chi connectivity index (χ2v) is 8.17. The highest BCUT2D eigenvalue weighted by Gasteiger charge is 2.18. The Morgan fingerprint density at radius 1 is 1.13 bits per heavy atom. The first-order chi connectivity index (χ1) is 14.6. The van der Waals surface area contributed by atoms with Gasteiger partial charge in [0, 0.05) is 36.3 Å². The smallest absolute Gasteiger partial charge is 0.187 e. The van der Waals surface area contributed by atoms with E-state index in [4.69, 9.17) is 4.74 Å². The highest BCUT2D eigenvalue weighted by atomic mass is 16.5. The van der Waals surface area contributed by atoms with Gasteiger partial charge >= 0.3 is 0 Å². The first-order valence-electron chi connectivity index (χ1n) is 10.8. The van der Waals surface area contributed by atoms with Crippen molar-refractivity contribution in [2.45, 2.75) is 19.3 Å². The summed E-state index contributed by atoms with van der Waals surface area (Å²) in [5.41, 5.74) is 3.18. The predicted octanol–water partition coefficient (Wildman–Crippen LogP) is 4.88. The number of fused-ring (bicyclic) bond motifs is 1. The molecular weight excluding hydrogens is 372 g/mol. The molecule has 0 N–H and O–H groups in total. The molecule has 2 aromatic carbocycles. The van der Waals surface area contributed by atoms with Crippen molar-refractivity contribution in [3.8, 4) is 5.75 Å². The zero-order valence-corrected chi connectivity index (χ0v) is 17.9. The second kappa shape index (κ2) is 9.31. The van der Waals surface area contributed by atoms with Gasteiger partial charge < -0.3 is 14.2 Å². The van der Waals surface area contributed by atoms with Crippen molar-refractivity contribution in [2.24, 2.45) is 13.0 Å². The number of carbonyl (C=O) groups is 1. The topological polar surface area (TPSA) is 34.5 Å². The van der Waals surface area contributed by atoms with Crippen molar-refractivity contribution in [3.63, 3.8) is 0 Å². The Kier molecular flexibility index (Phi) is 6.34. The minimum atomic E-state index is 0.0698. The number of ether oxygens (including phenoxy) is 1. The SMILES string of the molecule is COc1ccc2c(c1)c(C(=O)/C=C/C1CCN(CCc3ccccc3)CC1)cn2C. The summed E-state index contributed by atoms with van der Waals surface area (Å²) >= 11 is 0. The third kappa shape index (κ3) is 4.65. The Bertz CT molecular complexity index is 1030. The van der Waals surface area contributed by atoms with E-state index in [9.17, 15) is 4.79 Å². The Hall–Kier alpha value is -2.85. The number of benzene rings is 2. The van der Waals surface area contributed by atoms with E-state index < -0.39 is 0 Å². The fourth-order valence-electron chi connectivity index (χ4n) is 4.31. The minimum absolute atomic E-state index is 0.0698. The van der Waals surface area contributed by atoms with Gasteiger partial charge in [0.1, 0.15) is 5.75 Å². The fourth-order valence-corrected chi connectivity index (χ4v) is 4.31. The number of rotatable bonds is 7. The number of ketones is 1. The van der Waals surface area contributed by atoms with Crippen LogP contribution in [0, 0.1) is 5.92 Å². The molecule has 1 aromatic heterocycles. The van der Waals surface area contributed by atoms with E-state index in [1.54, 1.807) is 13.2 Å². The molecule has 1 saturated heterocycles. The van der Waals surface area contributed by atoms with E-state index in [2.05, 4.69) is 41.3 Å². The molecule has 4 rings (SSSR count). The first kappa shape index (κ1) is 20.4. The van der Waals surface area contributed by atoms with E-state index in [1.807, 2.05) is 36.0 Å². The van der Waals surface area contributed by atoms with E-state index in [-0.39, 0.29) is 5.78 Å². The first-order valence-corrected chi connectivity index (χ1v) is 10.8. The fraction of sp³-hybridized carbons (Fsp3) is 0.346. The van der Waals surface area contributed by atoms with Gasteiger partial charge in [-0.3, -0.25) is 4.79 Å². The number of hydrogen-bond acceptors (Lipinski definition) is 3. The number of allylic oxidation sites excluding steroid dienone is 2. The van der Waals surface area contributed by atoms with Crippen LogP contribution in [-0.2, 0) is 13.5 Å². The van der Waals surface area contributed by atoms with Crippen molar-refractivity contribution in [2.75, 3.05) is 26.7 Å². The zero-order valence-electron chi connectivity index (χ0n) is 17.9. The lowest BCUT2D eigenvalue weighted by Gasteiger charge is -2.30. The standard InChI is InChI=1S/C26H30N2O2/c1-27-19-24(23-18-22(30-2)9-10-25(23)27)26(29)11-8-21-13-16-28(17-14-21)15-12-20-6-4-3-5-7-20/h3-11,18-19,21H,12-17H2,1-2H3/b11-8+. The molecule has 4 nitrogen and oxygen atoms in total. The molecule has 0 bridgehead atoms. The maximum absolute atomic E-state index is 12.9. The van der Waals surface area contributed by atoms with Crippen LogP contribution in [0.4, 0.5) is 0 Å². The lowest BCUT2D eigenvalue weighted by Crippen LogP contribution is -2.34. The number of hydrogen-bond donors (Lipinski definition) is 0. The number of aryl methyl sites for hydroxylation is 1. The van der Waals surface area contributed by atoms with E-state index >= 15 is 0 Å². The molecule has 0 spiro atoms. The average molecular weight is 403 g/mol. The molecule has 1 fully saturated rings. The van der Waals surface area contributed by atoms with Crippen molar-refractivity contribution in [1.29, 1.82) is 0 Å². The molecule has 0 amide bonds. The Balaban J connectivity index is 1.34. The lowest BCUT2D eigenvalue weighted by atomic mass is 9.95. The van der Waals surface area contributed by atoms with Gasteiger partial charge in [0.05, 0.1) is 7.11 Å². The maximum Gasteiger partial charge on any atom is 0.187 e. The number of aromatic nitrogens is 1. The van der Waals surface area contributed by atoms with E-state index in [1.165, 1.54) is 5.56 Å². The molecule has 156 valence electrons. The van der Waals surface area contributed by atoms with Crippen LogP contribution in [0.1, 0.15) is 28.8 Å². The van der Waals surface area contributed by atoms with Gasteiger partial charge in [-0.2, -0.15) is 0 Å². The molecule has 2 heterocycles. The molecule has 0 saturated carbocycles. The van der Waals surface area contributed by atoms with Crippen LogP contribution in [0.15, 0.2) is 66.9 Å². The predicted molar refractivity (Wildman–Crippen MR) is 122 cm³/mol. The van der Waals surface area contributed by atoms with Crippen LogP contribution >= 0.6 is 0 Å². The van der Waals surface area contributed by atoms with Crippen LogP contribution in [-0.4, -0.2) is 42.0 Å². The molecule has 1 aliphatic rings. The summed E-state index contributed by atoms with van der Waals surface area (Å²) in [7, 11) is 3.62. The maximum atomic E-state index is 12.9. The van der Waals surface area contributed by atoms with Gasteiger partial charge in [-0.15, -0.1) is 0 Å². The van der Waals surface area contributed by atoms with Crippen LogP contribution in [0.2, 0.25) is 0 Å². The highest BCUT2D eigenvalue weighted by Crippen LogP contribution is 2.26. The van der Waals surface area contributed by atoms with Crippen molar-refractivity contribution in [1.82, 2.24) is 9.47 Å². The van der Waals surface area contributed by atoms with Crippen LogP contribution in [0.25, 0.3) is 10.9 Å². The van der Waals surface area contributed by atoms with Crippen LogP contribution in [0.3, 0.4) is 0 Å². The summed E-state index contributed by atoms with van der Waals surface area (Å²) in [6, 6.07) is 16.6. The number of methoxy groups -OCH3 is 1. The van der Waals surface area contributed by atoms with Crippen LogP contribution < -0.4 is 4.74 Å².